The van der Waals surface area contributed by atoms with Crippen molar-refractivity contribution in [1.82, 2.24) is 0 Å². The van der Waals surface area contributed by atoms with Crippen molar-refractivity contribution in [3.8, 4) is 0 Å². The summed E-state index contributed by atoms with van der Waals surface area (Å²) >= 11 is 3.22. The Kier molecular flexibility index (Phi) is 2.87. The summed E-state index contributed by atoms with van der Waals surface area (Å²) in [5.74, 6) is -0.174. The molecule has 118 valence electrons. The maximum absolute atomic E-state index is 13.8. The molecule has 1 aromatic carbocycles. The van der Waals surface area contributed by atoms with E-state index in [4.69, 9.17) is 9.31 Å². The Morgan fingerprint density at radius 2 is 1.59 bits per heavy atom. The number of hydrogen-bond donors (Lipinski definition) is 0. The molecule has 3 aliphatic carbocycles. The first-order chi connectivity index (χ1) is 10.1. The van der Waals surface area contributed by atoms with E-state index in [-0.39, 0.29) is 34.9 Å². The van der Waals surface area contributed by atoms with E-state index in [1.165, 1.54) is 0 Å². The largest absolute Gasteiger partial charge is 0.464 e. The van der Waals surface area contributed by atoms with Gasteiger partial charge in [0.2, 0.25) is 0 Å². The molecule has 0 N–H and O–H groups in total. The van der Waals surface area contributed by atoms with Gasteiger partial charge in [-0.1, -0.05) is 6.07 Å². The van der Waals surface area contributed by atoms with Crippen LogP contribution in [0.1, 0.15) is 52.5 Å². The zero-order valence-corrected chi connectivity index (χ0v) is 15.1. The van der Waals surface area contributed by atoms with Gasteiger partial charge in [-0.2, -0.15) is 0 Å². The molecule has 4 fully saturated rings. The van der Waals surface area contributed by atoms with Crippen LogP contribution in [0.2, 0.25) is 5.31 Å². The number of rotatable bonds is 2. The van der Waals surface area contributed by atoms with Crippen molar-refractivity contribution in [3.63, 3.8) is 0 Å². The second kappa shape index (κ2) is 4.17. The van der Waals surface area contributed by atoms with Crippen LogP contribution in [-0.2, 0) is 14.7 Å². The van der Waals surface area contributed by atoms with Gasteiger partial charge in [0.05, 0.1) is 15.7 Å². The van der Waals surface area contributed by atoms with Gasteiger partial charge in [-0.25, -0.2) is 4.39 Å². The third kappa shape index (κ3) is 1.79. The molecule has 0 atom stereocenters. The van der Waals surface area contributed by atoms with Crippen molar-refractivity contribution in [2.75, 3.05) is 0 Å². The van der Waals surface area contributed by atoms with Gasteiger partial charge in [-0.15, -0.1) is 0 Å². The minimum Gasteiger partial charge on any atom is -0.403 e. The van der Waals surface area contributed by atoms with Crippen LogP contribution in [-0.4, -0.2) is 18.3 Å². The molecule has 1 aliphatic heterocycles. The lowest BCUT2D eigenvalue weighted by Gasteiger charge is -2.71. The predicted octanol–water partition coefficient (Wildman–Crippen LogP) is 4.86. The molecule has 22 heavy (non-hydrogen) atoms. The van der Waals surface area contributed by atoms with Crippen LogP contribution in [0.3, 0.4) is 0 Å². The van der Waals surface area contributed by atoms with Gasteiger partial charge in [0.25, 0.3) is 0 Å². The molecule has 0 radical (unpaired) electrons. The van der Waals surface area contributed by atoms with E-state index in [0.717, 1.165) is 24.8 Å². The predicted molar refractivity (Wildman–Crippen MR) is 88.4 cm³/mol. The first-order valence-electron chi connectivity index (χ1n) is 7.91. The number of halogens is 2. The van der Waals surface area contributed by atoms with E-state index in [1.54, 1.807) is 6.07 Å². The molecule has 1 heterocycles. The van der Waals surface area contributed by atoms with Crippen molar-refractivity contribution >= 4 is 23.0 Å². The van der Waals surface area contributed by atoms with E-state index in [9.17, 15) is 4.39 Å². The second-order valence-corrected chi connectivity index (χ2v) is 9.24. The molecule has 2 nitrogen and oxygen atoms in total. The molecule has 5 rings (SSSR count). The number of hydrogen-bond acceptors (Lipinski definition) is 2. The van der Waals surface area contributed by atoms with Crippen LogP contribution >= 0.6 is 15.9 Å². The van der Waals surface area contributed by atoms with Crippen LogP contribution in [0, 0.1) is 5.82 Å². The van der Waals surface area contributed by atoms with Crippen molar-refractivity contribution < 1.29 is 13.7 Å². The first-order valence-corrected chi connectivity index (χ1v) is 8.70. The third-order valence-electron chi connectivity index (χ3n) is 6.36. The lowest BCUT2D eigenvalue weighted by Crippen LogP contribution is -2.66. The van der Waals surface area contributed by atoms with Crippen molar-refractivity contribution in [2.45, 2.75) is 68.9 Å². The van der Waals surface area contributed by atoms with Gasteiger partial charge < -0.3 is 9.31 Å². The van der Waals surface area contributed by atoms with E-state index in [2.05, 4.69) is 43.6 Å². The van der Waals surface area contributed by atoms with E-state index < -0.39 is 0 Å². The highest BCUT2D eigenvalue weighted by molar-refractivity contribution is 9.10. The summed E-state index contributed by atoms with van der Waals surface area (Å²) in [5.41, 5.74) is 0.714. The highest BCUT2D eigenvalue weighted by Gasteiger charge is 2.76. The topological polar surface area (TPSA) is 18.5 Å². The normalized spacial score (nSPS) is 37.6. The molecular formula is C17H21BBrFO2. The highest BCUT2D eigenvalue weighted by Crippen LogP contribution is 2.80. The SMILES string of the molecule is CC1(C)OB(C23CC(c4ccc(Br)c(F)c4)(C2)C3)OC1(C)C. The lowest BCUT2D eigenvalue weighted by molar-refractivity contribution is -0.0385. The smallest absolute Gasteiger partial charge is 0.403 e. The summed E-state index contributed by atoms with van der Waals surface area (Å²) in [6.45, 7) is 8.38. The molecule has 0 amide bonds. The molecule has 3 saturated carbocycles. The number of benzene rings is 1. The zero-order chi connectivity index (χ0) is 16.0. The van der Waals surface area contributed by atoms with E-state index in [0.29, 0.717) is 4.47 Å². The van der Waals surface area contributed by atoms with Crippen LogP contribution < -0.4 is 0 Å². The molecule has 0 spiro atoms. The second-order valence-electron chi connectivity index (χ2n) is 8.39. The Morgan fingerprint density at radius 3 is 2.09 bits per heavy atom. The average molecular weight is 367 g/mol. The highest BCUT2D eigenvalue weighted by atomic mass is 79.9. The van der Waals surface area contributed by atoms with Gasteiger partial charge in [-0.05, 0) is 86.0 Å². The minimum absolute atomic E-state index is 0.125. The monoisotopic (exact) mass is 366 g/mol. The molecule has 5 heteroatoms. The van der Waals surface area contributed by atoms with Crippen molar-refractivity contribution in [2.24, 2.45) is 0 Å². The fourth-order valence-electron chi connectivity index (χ4n) is 4.34. The zero-order valence-electron chi connectivity index (χ0n) is 13.5. The summed E-state index contributed by atoms with van der Waals surface area (Å²) in [5, 5.41) is 0.134. The van der Waals surface area contributed by atoms with E-state index in [1.807, 2.05) is 12.1 Å². The molecule has 0 aromatic heterocycles. The standard InChI is InChI=1S/C17H21BBrFO2/c1-14(2)15(3,4)22-18(21-14)17-8-16(9-17,10-17)11-5-6-12(19)13(20)7-11/h5-7H,8-10H2,1-4H3. The Hall–Kier alpha value is -0.385. The first kappa shape index (κ1) is 15.2. The third-order valence-corrected chi connectivity index (χ3v) is 7.00. The molecule has 2 bridgehead atoms. The van der Waals surface area contributed by atoms with Crippen LogP contribution in [0.5, 0.6) is 0 Å². The Labute approximate surface area is 140 Å². The van der Waals surface area contributed by atoms with Crippen LogP contribution in [0.4, 0.5) is 4.39 Å². The lowest BCUT2D eigenvalue weighted by atomic mass is 9.23. The van der Waals surface area contributed by atoms with Gasteiger partial charge in [0.1, 0.15) is 5.82 Å². The quantitative estimate of drug-likeness (QED) is 0.696. The van der Waals surface area contributed by atoms with Crippen molar-refractivity contribution in [3.05, 3.63) is 34.1 Å². The van der Waals surface area contributed by atoms with Crippen molar-refractivity contribution in [1.29, 1.82) is 0 Å². The molecular weight excluding hydrogens is 346 g/mol. The maximum atomic E-state index is 13.8. The van der Waals surface area contributed by atoms with Gasteiger partial charge in [0.15, 0.2) is 0 Å². The molecule has 4 aliphatic rings. The van der Waals surface area contributed by atoms with Gasteiger partial charge in [0, 0.05) is 5.31 Å². The molecule has 1 aromatic rings. The van der Waals surface area contributed by atoms with Gasteiger partial charge >= 0.3 is 7.12 Å². The minimum atomic E-state index is -0.274. The van der Waals surface area contributed by atoms with Crippen LogP contribution in [0.15, 0.2) is 22.7 Å². The summed E-state index contributed by atoms with van der Waals surface area (Å²) in [4.78, 5) is 0. The fraction of sp³-hybridized carbons (Fsp3) is 0.647. The summed E-state index contributed by atoms with van der Waals surface area (Å²) in [6.07, 6.45) is 3.12. The van der Waals surface area contributed by atoms with E-state index >= 15 is 0 Å². The summed E-state index contributed by atoms with van der Waals surface area (Å²) in [7, 11) is -0.125. The maximum Gasteiger partial charge on any atom is 0.464 e. The molecule has 1 saturated heterocycles. The Balaban J connectivity index is 1.51. The van der Waals surface area contributed by atoms with Crippen LogP contribution in [0.25, 0.3) is 0 Å². The Bertz CT molecular complexity index is 622. The fourth-order valence-corrected chi connectivity index (χ4v) is 4.59. The Morgan fingerprint density at radius 1 is 1.05 bits per heavy atom. The average Bonchev–Trinajstić information content (AvgIpc) is 2.49. The van der Waals surface area contributed by atoms with Gasteiger partial charge in [-0.3, -0.25) is 0 Å². The summed E-state index contributed by atoms with van der Waals surface area (Å²) < 4.78 is 26.8. The molecule has 0 unspecified atom stereocenters. The summed E-state index contributed by atoms with van der Waals surface area (Å²) in [6, 6.07) is 5.53.